The number of hydrogen-bond acceptors (Lipinski definition) is 14. The summed E-state index contributed by atoms with van der Waals surface area (Å²) in [4.78, 5) is 51.4. The molecule has 9 N–H and O–H groups in total. The van der Waals surface area contributed by atoms with Gasteiger partial charge >= 0.3 is 17.8 Å². The molecule has 56 heavy (non-hydrogen) atoms. The second-order valence-corrected chi connectivity index (χ2v) is 14.4. The van der Waals surface area contributed by atoms with E-state index in [-0.39, 0.29) is 33.4 Å². The zero-order valence-corrected chi connectivity index (χ0v) is 32.6. The Labute approximate surface area is 323 Å². The number of carbonyl (C=O) groups excluding carboxylic acids is 4. The minimum absolute atomic E-state index is 0.0154. The molecule has 3 aliphatic heterocycles. The number of urea groups is 1. The van der Waals surface area contributed by atoms with Crippen LogP contribution in [0.1, 0.15) is 70.0 Å². The van der Waals surface area contributed by atoms with Gasteiger partial charge in [0.2, 0.25) is 0 Å². The molecule has 3 heterocycles. The number of aliphatic hydroxyl groups is 2. The van der Waals surface area contributed by atoms with E-state index < -0.39 is 106 Å². The number of benzene rings is 2. The average molecular weight is 783 g/mol. The summed E-state index contributed by atoms with van der Waals surface area (Å²) in [6, 6.07) is -1.07. The molecule has 0 radical (unpaired) electrons. The van der Waals surface area contributed by atoms with Crippen molar-refractivity contribution in [3.05, 3.63) is 52.8 Å². The summed E-state index contributed by atoms with van der Waals surface area (Å²) in [6.07, 6.45) is 4.02. The third-order valence-electron chi connectivity index (χ3n) is 10.4. The fraction of sp³-hybridized carbons (Fsp3) is 0.462. The van der Waals surface area contributed by atoms with Crippen LogP contribution >= 0.6 is 0 Å². The minimum Gasteiger partial charge on any atom is -0.507 e. The van der Waals surface area contributed by atoms with Gasteiger partial charge in [-0.2, -0.15) is 5.10 Å². The van der Waals surface area contributed by atoms with E-state index in [1.165, 1.54) is 53.0 Å². The highest BCUT2D eigenvalue weighted by molar-refractivity contribution is 6.23. The van der Waals surface area contributed by atoms with Gasteiger partial charge in [-0.1, -0.05) is 45.9 Å². The predicted octanol–water partition coefficient (Wildman–Crippen LogP) is 3.76. The fourth-order valence-corrected chi connectivity index (χ4v) is 7.03. The van der Waals surface area contributed by atoms with Crippen LogP contribution in [0.15, 0.2) is 41.2 Å². The van der Waals surface area contributed by atoms with Crippen LogP contribution in [0.2, 0.25) is 0 Å². The summed E-state index contributed by atoms with van der Waals surface area (Å²) in [5, 5.41) is 62.9. The molecule has 17 heteroatoms. The number of nitrogens with two attached hydrogens (primary N) is 1. The molecule has 0 saturated heterocycles. The number of hydrogen-bond donors (Lipinski definition) is 8. The first-order valence-electron chi connectivity index (χ1n) is 17.8. The number of hydrazone groups is 1. The first kappa shape index (κ1) is 43.1. The zero-order valence-electron chi connectivity index (χ0n) is 32.6. The number of carbonyl (C=O) groups is 4. The summed E-state index contributed by atoms with van der Waals surface area (Å²) >= 11 is 0. The lowest BCUT2D eigenvalue weighted by Crippen LogP contribution is -2.46. The van der Waals surface area contributed by atoms with Crippen molar-refractivity contribution in [3.63, 3.8) is 0 Å². The largest absolute Gasteiger partial charge is 0.507 e. The molecule has 0 saturated carbocycles. The quantitative estimate of drug-likeness (QED) is 0.0723. The van der Waals surface area contributed by atoms with Crippen LogP contribution in [0, 0.1) is 30.6 Å². The number of fused-ring (bicyclic) bond motifs is 14. The number of rotatable bonds is 4. The van der Waals surface area contributed by atoms with E-state index in [1.807, 2.05) is 5.43 Å². The van der Waals surface area contributed by atoms with Gasteiger partial charge in [0, 0.05) is 61.2 Å². The molecule has 5 rings (SSSR count). The normalized spacial score (nSPS) is 30.9. The van der Waals surface area contributed by atoms with Gasteiger partial charge in [0.15, 0.2) is 5.75 Å². The molecule has 5 bridgehead atoms. The summed E-state index contributed by atoms with van der Waals surface area (Å²) in [7, 11) is 1.40. The Bertz CT molecular complexity index is 2030. The van der Waals surface area contributed by atoms with Crippen molar-refractivity contribution >= 4 is 46.4 Å². The number of nitrogens with one attached hydrogen (secondary N) is 2. The summed E-state index contributed by atoms with van der Waals surface area (Å²) in [5.41, 5.74) is 6.04. The number of phenols is 3. The Kier molecular flexibility index (Phi) is 13.1. The van der Waals surface area contributed by atoms with Crippen molar-refractivity contribution in [1.82, 2.24) is 5.43 Å². The van der Waals surface area contributed by atoms with Crippen LogP contribution in [0.3, 0.4) is 0 Å². The number of esters is 1. The van der Waals surface area contributed by atoms with E-state index in [0.717, 1.165) is 12.5 Å². The molecule has 2 aromatic carbocycles. The third kappa shape index (κ3) is 8.29. The average Bonchev–Trinajstić information content (AvgIpc) is 3.41. The smallest absolute Gasteiger partial charge is 0.332 e. The zero-order chi connectivity index (χ0) is 42.0. The summed E-state index contributed by atoms with van der Waals surface area (Å²) < 4.78 is 23.3. The Morgan fingerprint density at radius 1 is 0.982 bits per heavy atom. The van der Waals surface area contributed by atoms with Gasteiger partial charge in [-0.3, -0.25) is 14.4 Å². The van der Waals surface area contributed by atoms with Crippen LogP contribution < -0.4 is 21.2 Å². The van der Waals surface area contributed by atoms with Gasteiger partial charge in [0.25, 0.3) is 11.7 Å². The number of ketones is 1. The third-order valence-corrected chi connectivity index (χ3v) is 10.4. The summed E-state index contributed by atoms with van der Waals surface area (Å²) in [5.74, 6) is -9.24. The number of aliphatic hydroxyl groups excluding tert-OH is 2. The number of nitrogens with zero attached hydrogens (tertiary/aromatic N) is 1. The SMILES string of the molecule is CO[C@H]1/C=C/O[C@@]2(C)Oc3c(C)c(O)c4c(O)c(c(/C=N/NC(N)=O)c(O)c4c3C2=O)NC(=O)/C(C)=C/C=C/[C@H](C)[C@H](O)[C@@H](C)[C@@H](O)[C@@H](C)[C@H](OC(C)=O)[C@@H]1C. The maximum atomic E-state index is 14.2. The van der Waals surface area contributed by atoms with Crippen LogP contribution in [-0.2, 0) is 23.8 Å². The molecule has 17 nitrogen and oxygen atoms in total. The molecule has 304 valence electrons. The van der Waals surface area contributed by atoms with Crippen molar-refractivity contribution in [1.29, 1.82) is 0 Å². The van der Waals surface area contributed by atoms with E-state index in [0.29, 0.717) is 0 Å². The number of ether oxygens (including phenoxy) is 4. The Morgan fingerprint density at radius 2 is 1.64 bits per heavy atom. The first-order valence-corrected chi connectivity index (χ1v) is 17.8. The van der Waals surface area contributed by atoms with Crippen molar-refractivity contribution in [2.45, 2.75) is 85.6 Å². The number of aromatic hydroxyl groups is 3. The number of anilines is 1. The number of methoxy groups -OCH3 is 1. The monoisotopic (exact) mass is 782 g/mol. The van der Waals surface area contributed by atoms with Crippen molar-refractivity contribution in [3.8, 4) is 23.0 Å². The van der Waals surface area contributed by atoms with Crippen molar-refractivity contribution < 1.29 is 63.7 Å². The molecule has 0 aromatic heterocycles. The van der Waals surface area contributed by atoms with Gasteiger partial charge < -0.3 is 55.5 Å². The Morgan fingerprint density at radius 3 is 2.25 bits per heavy atom. The van der Waals surface area contributed by atoms with Crippen LogP contribution in [0.4, 0.5) is 10.5 Å². The molecule has 3 aliphatic rings. The lowest BCUT2D eigenvalue weighted by Gasteiger charge is -2.38. The number of phenolic OH excluding ortho intramolecular Hbond substituents is 3. The van der Waals surface area contributed by atoms with Crippen LogP contribution in [-0.4, -0.2) is 92.8 Å². The number of allylic oxidation sites excluding steroid dienone is 2. The van der Waals surface area contributed by atoms with E-state index in [4.69, 9.17) is 24.7 Å². The number of Topliss-reactive ketones (excluding diaryl/α,β-unsaturated/α-hetero) is 1. The highest BCUT2D eigenvalue weighted by Crippen LogP contribution is 2.55. The molecular formula is C39H50N4O13. The highest BCUT2D eigenvalue weighted by Gasteiger charge is 2.50. The molecular weight excluding hydrogens is 732 g/mol. The lowest BCUT2D eigenvalue weighted by atomic mass is 9.78. The topological polar surface area (TPSA) is 269 Å². The lowest BCUT2D eigenvalue weighted by molar-refractivity contribution is -0.160. The van der Waals surface area contributed by atoms with Crippen LogP contribution in [0.25, 0.3) is 10.8 Å². The van der Waals surface area contributed by atoms with E-state index in [1.54, 1.807) is 33.8 Å². The molecule has 0 unspecified atom stereocenters. The van der Waals surface area contributed by atoms with E-state index in [9.17, 15) is 44.7 Å². The Hall–Kier alpha value is -5.65. The van der Waals surface area contributed by atoms with Crippen LogP contribution in [0.5, 0.6) is 23.0 Å². The molecule has 3 amide bonds. The predicted molar refractivity (Wildman–Crippen MR) is 204 cm³/mol. The van der Waals surface area contributed by atoms with E-state index in [2.05, 4.69) is 10.4 Å². The molecule has 0 fully saturated rings. The maximum absolute atomic E-state index is 14.2. The van der Waals surface area contributed by atoms with E-state index >= 15 is 0 Å². The maximum Gasteiger partial charge on any atom is 0.332 e. The van der Waals surface area contributed by atoms with Crippen molar-refractivity contribution in [2.24, 2.45) is 34.5 Å². The Balaban J connectivity index is 1.98. The van der Waals surface area contributed by atoms with Gasteiger partial charge in [0.05, 0.1) is 53.0 Å². The van der Waals surface area contributed by atoms with Gasteiger partial charge in [-0.05, 0) is 19.9 Å². The molecule has 0 aliphatic carbocycles. The number of primary amides is 1. The van der Waals surface area contributed by atoms with Gasteiger partial charge in [-0.25, -0.2) is 10.2 Å². The second kappa shape index (κ2) is 17.0. The number of amides is 3. The molecule has 0 spiro atoms. The van der Waals surface area contributed by atoms with Gasteiger partial charge in [0.1, 0.15) is 23.4 Å². The first-order chi connectivity index (χ1) is 26.2. The minimum atomic E-state index is -2.10. The highest BCUT2D eigenvalue weighted by atomic mass is 16.7. The second-order valence-electron chi connectivity index (χ2n) is 14.4. The summed E-state index contributed by atoms with van der Waals surface area (Å²) in [6.45, 7) is 12.2. The fourth-order valence-electron chi connectivity index (χ4n) is 7.03. The standard InChI is InChI=1S/C39H50N4O13/c1-16-11-10-12-17(2)37(51)42-28-23(15-41-43-38(40)52)32(48)25-26(33(28)49)31(47)21(6)35-27(25)36(50)39(8,56-35)54-14-13-24(53-9)18(3)34(55-22(7)44)20(5)30(46)19(4)29(16)45/h10-16,18-20,24,29-30,34,45-49H,1-9H3,(H,42,51)(H3,40,43,52)/b11-10+,14-13+,17-12+,41-15+/t16-,18+,19+,20+,24-,29-,30+,34+,39-/m0/s1. The van der Waals surface area contributed by atoms with Gasteiger partial charge in [-0.15, -0.1) is 0 Å². The van der Waals surface area contributed by atoms with Crippen molar-refractivity contribution in [2.75, 3.05) is 12.4 Å². The molecule has 9 atom stereocenters. The molecule has 2 aromatic rings.